The van der Waals surface area contributed by atoms with Crippen molar-refractivity contribution in [1.82, 2.24) is 0 Å². The Morgan fingerprint density at radius 2 is 1.70 bits per heavy atom. The molecule has 0 amide bonds. The topological polar surface area (TPSA) is 35.2 Å². The van der Waals surface area contributed by atoms with Gasteiger partial charge in [-0.1, -0.05) is 40.2 Å². The average molecular weight is 311 g/mol. The quantitative estimate of drug-likeness (QED) is 0.686. The van der Waals surface area contributed by atoms with Gasteiger partial charge in [-0.2, -0.15) is 0 Å². The van der Waals surface area contributed by atoms with Gasteiger partial charge in [0.25, 0.3) is 0 Å². The SMILES string of the molecule is CCCCc1cc(C(C)(C)C)c(Oc2ccc(N)cc2)cc1C. The second kappa shape index (κ2) is 7.08. The van der Waals surface area contributed by atoms with Crippen molar-refractivity contribution in [3.63, 3.8) is 0 Å². The van der Waals surface area contributed by atoms with E-state index in [9.17, 15) is 0 Å². The Morgan fingerprint density at radius 3 is 2.26 bits per heavy atom. The van der Waals surface area contributed by atoms with E-state index < -0.39 is 0 Å². The van der Waals surface area contributed by atoms with Crippen molar-refractivity contribution in [1.29, 1.82) is 0 Å². The van der Waals surface area contributed by atoms with Crippen molar-refractivity contribution in [2.45, 2.75) is 59.3 Å². The fourth-order valence-corrected chi connectivity index (χ4v) is 2.70. The number of nitrogens with two attached hydrogens (primary N) is 1. The number of rotatable bonds is 5. The first-order valence-corrected chi connectivity index (χ1v) is 8.48. The molecular formula is C21H29NO. The lowest BCUT2D eigenvalue weighted by Gasteiger charge is -2.25. The van der Waals surface area contributed by atoms with Crippen LogP contribution in [0.15, 0.2) is 36.4 Å². The van der Waals surface area contributed by atoms with Crippen molar-refractivity contribution >= 4 is 5.69 Å². The first-order chi connectivity index (χ1) is 10.8. The van der Waals surface area contributed by atoms with Crippen molar-refractivity contribution in [2.24, 2.45) is 0 Å². The van der Waals surface area contributed by atoms with Crippen LogP contribution in [0.4, 0.5) is 5.69 Å². The number of anilines is 1. The van der Waals surface area contributed by atoms with Crippen LogP contribution in [0.5, 0.6) is 11.5 Å². The van der Waals surface area contributed by atoms with Gasteiger partial charge in [-0.25, -0.2) is 0 Å². The van der Waals surface area contributed by atoms with Gasteiger partial charge < -0.3 is 10.5 Å². The van der Waals surface area contributed by atoms with Crippen molar-refractivity contribution < 1.29 is 4.74 Å². The van der Waals surface area contributed by atoms with E-state index in [0.717, 1.165) is 23.6 Å². The highest BCUT2D eigenvalue weighted by Crippen LogP contribution is 2.36. The number of unbranched alkanes of at least 4 members (excludes halogenated alkanes) is 1. The zero-order valence-electron chi connectivity index (χ0n) is 15.1. The molecule has 0 saturated carbocycles. The van der Waals surface area contributed by atoms with Crippen LogP contribution in [0.2, 0.25) is 0 Å². The zero-order chi connectivity index (χ0) is 17.0. The predicted molar refractivity (Wildman–Crippen MR) is 99.4 cm³/mol. The molecule has 2 rings (SSSR count). The maximum atomic E-state index is 6.18. The third-order valence-corrected chi connectivity index (χ3v) is 4.15. The summed E-state index contributed by atoms with van der Waals surface area (Å²) < 4.78 is 6.18. The summed E-state index contributed by atoms with van der Waals surface area (Å²) in [6.07, 6.45) is 3.57. The van der Waals surface area contributed by atoms with Crippen LogP contribution in [-0.4, -0.2) is 0 Å². The highest BCUT2D eigenvalue weighted by Gasteiger charge is 2.21. The summed E-state index contributed by atoms with van der Waals surface area (Å²) in [7, 11) is 0. The number of nitrogen functional groups attached to an aromatic ring is 1. The molecule has 23 heavy (non-hydrogen) atoms. The summed E-state index contributed by atoms with van der Waals surface area (Å²) in [6, 6.07) is 12.1. The molecule has 0 aliphatic carbocycles. The van der Waals surface area contributed by atoms with Gasteiger partial charge in [0.05, 0.1) is 0 Å². The standard InChI is InChI=1S/C21H29NO/c1-6-7-8-16-14-19(21(3,4)5)20(13-15(16)2)23-18-11-9-17(22)10-12-18/h9-14H,6-8,22H2,1-5H3. The molecule has 0 aliphatic heterocycles. The van der Waals surface area contributed by atoms with Gasteiger partial charge in [-0.05, 0) is 66.6 Å². The second-order valence-corrected chi connectivity index (χ2v) is 7.30. The van der Waals surface area contributed by atoms with Crippen molar-refractivity contribution in [3.05, 3.63) is 53.1 Å². The maximum Gasteiger partial charge on any atom is 0.131 e. The first-order valence-electron chi connectivity index (χ1n) is 8.48. The van der Waals surface area contributed by atoms with E-state index in [4.69, 9.17) is 10.5 Å². The van der Waals surface area contributed by atoms with Gasteiger partial charge in [0.1, 0.15) is 11.5 Å². The summed E-state index contributed by atoms with van der Waals surface area (Å²) in [4.78, 5) is 0. The van der Waals surface area contributed by atoms with Crippen molar-refractivity contribution in [3.8, 4) is 11.5 Å². The largest absolute Gasteiger partial charge is 0.457 e. The molecule has 2 N–H and O–H groups in total. The van der Waals surface area contributed by atoms with Gasteiger partial charge >= 0.3 is 0 Å². The Hall–Kier alpha value is -1.96. The molecule has 0 heterocycles. The molecule has 0 bridgehead atoms. The van der Waals surface area contributed by atoms with E-state index >= 15 is 0 Å². The number of benzene rings is 2. The molecule has 2 aromatic carbocycles. The third kappa shape index (κ3) is 4.51. The van der Waals surface area contributed by atoms with Crippen LogP contribution >= 0.6 is 0 Å². The molecule has 0 aromatic heterocycles. The summed E-state index contributed by atoms with van der Waals surface area (Å²) in [6.45, 7) is 11.1. The van der Waals surface area contributed by atoms with E-state index in [2.05, 4.69) is 46.8 Å². The summed E-state index contributed by atoms with van der Waals surface area (Å²) in [5.74, 6) is 1.77. The molecular weight excluding hydrogens is 282 g/mol. The summed E-state index contributed by atoms with van der Waals surface area (Å²) in [5, 5.41) is 0. The molecule has 0 unspecified atom stereocenters. The first kappa shape index (κ1) is 17.4. The Morgan fingerprint density at radius 1 is 1.04 bits per heavy atom. The van der Waals surface area contributed by atoms with Gasteiger partial charge in [0.15, 0.2) is 0 Å². The van der Waals surface area contributed by atoms with Gasteiger partial charge in [0, 0.05) is 11.3 Å². The minimum atomic E-state index is 0.0395. The highest BCUT2D eigenvalue weighted by molar-refractivity contribution is 5.49. The number of aryl methyl sites for hydroxylation is 2. The highest BCUT2D eigenvalue weighted by atomic mass is 16.5. The molecule has 0 saturated heterocycles. The number of hydrogen-bond acceptors (Lipinski definition) is 2. The van der Waals surface area contributed by atoms with E-state index in [-0.39, 0.29) is 5.41 Å². The molecule has 2 heteroatoms. The van der Waals surface area contributed by atoms with Crippen LogP contribution in [-0.2, 0) is 11.8 Å². The smallest absolute Gasteiger partial charge is 0.131 e. The van der Waals surface area contributed by atoms with Gasteiger partial charge in [-0.3, -0.25) is 0 Å². The fourth-order valence-electron chi connectivity index (χ4n) is 2.70. The number of hydrogen-bond donors (Lipinski definition) is 1. The minimum Gasteiger partial charge on any atom is -0.457 e. The predicted octanol–water partition coefficient (Wildman–Crippen LogP) is 6.01. The van der Waals surface area contributed by atoms with E-state index in [1.807, 2.05) is 24.3 Å². The lowest BCUT2D eigenvalue weighted by atomic mass is 9.83. The molecule has 2 nitrogen and oxygen atoms in total. The van der Waals surface area contributed by atoms with Crippen LogP contribution in [0.25, 0.3) is 0 Å². The third-order valence-electron chi connectivity index (χ3n) is 4.15. The van der Waals surface area contributed by atoms with E-state index in [0.29, 0.717) is 0 Å². The normalized spacial score (nSPS) is 11.5. The Balaban J connectivity index is 2.40. The minimum absolute atomic E-state index is 0.0395. The Bertz CT molecular complexity index is 651. The number of ether oxygens (including phenoxy) is 1. The van der Waals surface area contributed by atoms with Gasteiger partial charge in [0.2, 0.25) is 0 Å². The molecule has 0 fully saturated rings. The maximum absolute atomic E-state index is 6.18. The van der Waals surface area contributed by atoms with E-state index in [1.165, 1.54) is 29.5 Å². The Labute approximate surface area is 140 Å². The van der Waals surface area contributed by atoms with E-state index in [1.54, 1.807) is 0 Å². The molecule has 0 aliphatic rings. The summed E-state index contributed by atoms with van der Waals surface area (Å²) >= 11 is 0. The molecule has 2 aromatic rings. The average Bonchev–Trinajstić information content (AvgIpc) is 2.47. The molecule has 0 radical (unpaired) electrons. The fraction of sp³-hybridized carbons (Fsp3) is 0.429. The molecule has 0 atom stereocenters. The van der Waals surface area contributed by atoms with Crippen LogP contribution in [0.3, 0.4) is 0 Å². The molecule has 0 spiro atoms. The van der Waals surface area contributed by atoms with Gasteiger partial charge in [-0.15, -0.1) is 0 Å². The Kier molecular flexibility index (Phi) is 5.35. The second-order valence-electron chi connectivity index (χ2n) is 7.30. The van der Waals surface area contributed by atoms with Crippen molar-refractivity contribution in [2.75, 3.05) is 5.73 Å². The van der Waals surface area contributed by atoms with Crippen LogP contribution < -0.4 is 10.5 Å². The zero-order valence-corrected chi connectivity index (χ0v) is 15.1. The lowest BCUT2D eigenvalue weighted by Crippen LogP contribution is -2.14. The lowest BCUT2D eigenvalue weighted by molar-refractivity contribution is 0.454. The van der Waals surface area contributed by atoms with Crippen LogP contribution in [0, 0.1) is 6.92 Å². The van der Waals surface area contributed by atoms with Crippen LogP contribution in [0.1, 0.15) is 57.2 Å². The monoisotopic (exact) mass is 311 g/mol. The summed E-state index contributed by atoms with van der Waals surface area (Å²) in [5.41, 5.74) is 10.5. The molecule has 124 valence electrons.